The van der Waals surface area contributed by atoms with Gasteiger partial charge in [-0.15, -0.1) is 0 Å². The molecule has 0 bridgehead atoms. The van der Waals surface area contributed by atoms with Gasteiger partial charge in [0.15, 0.2) is 5.82 Å². The van der Waals surface area contributed by atoms with Crippen molar-refractivity contribution in [3.05, 3.63) is 41.7 Å². The van der Waals surface area contributed by atoms with E-state index in [1.165, 1.54) is 4.68 Å². The second kappa shape index (κ2) is 10.7. The Kier molecular flexibility index (Phi) is 7.22. The zero-order valence-electron chi connectivity index (χ0n) is 20.3. The minimum absolute atomic E-state index is 0.0690. The number of hydrogen-bond acceptors (Lipinski definition) is 7. The van der Waals surface area contributed by atoms with Crippen molar-refractivity contribution in [1.82, 2.24) is 24.8 Å². The van der Waals surface area contributed by atoms with Gasteiger partial charge in [0.05, 0.1) is 11.2 Å². The van der Waals surface area contributed by atoms with Gasteiger partial charge in [-0.05, 0) is 51.0 Å². The molecule has 0 atom stereocenters. The second-order valence-electron chi connectivity index (χ2n) is 9.72. The van der Waals surface area contributed by atoms with E-state index in [-0.39, 0.29) is 11.8 Å². The molecule has 186 valence electrons. The molecule has 9 nitrogen and oxygen atoms in total. The number of carbonyl (C=O) groups is 2. The van der Waals surface area contributed by atoms with Crippen LogP contribution in [-0.4, -0.2) is 62.9 Å². The average Bonchev–Trinajstić information content (AvgIpc) is 3.50. The maximum atomic E-state index is 12.7. The van der Waals surface area contributed by atoms with E-state index in [9.17, 15) is 9.59 Å². The number of carbonyl (C=O) groups excluding carboxylic acids is 2. The summed E-state index contributed by atoms with van der Waals surface area (Å²) >= 11 is 0. The lowest BCUT2D eigenvalue weighted by molar-refractivity contribution is -0.132. The highest BCUT2D eigenvalue weighted by Gasteiger charge is 2.26. The van der Waals surface area contributed by atoms with Crippen LogP contribution in [0.3, 0.4) is 0 Å². The monoisotopic (exact) mass is 479 g/mol. The van der Waals surface area contributed by atoms with Crippen LogP contribution in [0.2, 0.25) is 0 Å². The molecule has 1 amide bonds. The van der Waals surface area contributed by atoms with Gasteiger partial charge in [0.2, 0.25) is 17.7 Å². The molecule has 2 fully saturated rings. The fraction of sp³-hybridized carbons (Fsp3) is 0.577. The number of nitrogens with zero attached hydrogens (tertiary/aromatic N) is 5. The average molecular weight is 480 g/mol. The molecular formula is C26H33N5O4. The van der Waals surface area contributed by atoms with E-state index in [0.29, 0.717) is 37.0 Å². The predicted octanol–water partition coefficient (Wildman–Crippen LogP) is 3.91. The van der Waals surface area contributed by atoms with Crippen molar-refractivity contribution < 1.29 is 18.8 Å². The molecule has 0 radical (unpaired) electrons. The summed E-state index contributed by atoms with van der Waals surface area (Å²) in [6.45, 7) is 4.90. The van der Waals surface area contributed by atoms with E-state index in [4.69, 9.17) is 9.26 Å². The summed E-state index contributed by atoms with van der Waals surface area (Å²) in [5, 5.41) is 9.58. The van der Waals surface area contributed by atoms with Crippen molar-refractivity contribution in [1.29, 1.82) is 0 Å². The third kappa shape index (κ3) is 5.45. The first-order valence-corrected chi connectivity index (χ1v) is 12.7. The Morgan fingerprint density at radius 3 is 2.57 bits per heavy atom. The minimum atomic E-state index is -0.0690. The number of para-hydroxylation sites is 1. The molecule has 3 aromatic rings. The Labute approximate surface area is 204 Å². The second-order valence-corrected chi connectivity index (χ2v) is 9.72. The fourth-order valence-electron chi connectivity index (χ4n) is 5.17. The highest BCUT2D eigenvalue weighted by atomic mass is 16.5. The van der Waals surface area contributed by atoms with Gasteiger partial charge in [0.1, 0.15) is 0 Å². The maximum absolute atomic E-state index is 12.7. The van der Waals surface area contributed by atoms with Gasteiger partial charge < -0.3 is 14.2 Å². The van der Waals surface area contributed by atoms with Gasteiger partial charge in [-0.2, -0.15) is 14.8 Å². The van der Waals surface area contributed by atoms with Crippen molar-refractivity contribution in [2.24, 2.45) is 5.92 Å². The molecule has 5 rings (SSSR count). The van der Waals surface area contributed by atoms with Crippen LogP contribution in [0.4, 0.5) is 0 Å². The molecule has 2 saturated heterocycles. The molecule has 0 aliphatic carbocycles. The smallest absolute Gasteiger partial charge is 0.247 e. The molecule has 2 aliphatic heterocycles. The molecule has 2 aromatic heterocycles. The number of benzene rings is 1. The van der Waals surface area contributed by atoms with Crippen LogP contribution in [0.15, 0.2) is 28.8 Å². The largest absolute Gasteiger partial charge is 0.381 e. The quantitative estimate of drug-likeness (QED) is 0.506. The standard InChI is InChI=1S/C26H33N5O4/c1-18-21-5-2-3-6-22(21)31(28-18)25(33)8-4-7-24(32)30-13-9-19(10-14-30)17-23-27-26(29-35-23)20-11-15-34-16-12-20/h2-3,5-6,19-20H,4,7-17H2,1H3. The van der Waals surface area contributed by atoms with E-state index in [2.05, 4.69) is 15.2 Å². The molecule has 1 aromatic carbocycles. The van der Waals surface area contributed by atoms with Gasteiger partial charge in [-0.3, -0.25) is 9.59 Å². The molecule has 0 N–H and O–H groups in total. The summed E-state index contributed by atoms with van der Waals surface area (Å²) < 4.78 is 12.4. The Balaban J connectivity index is 1.05. The number of aromatic nitrogens is 4. The van der Waals surface area contributed by atoms with Gasteiger partial charge in [0.25, 0.3) is 0 Å². The predicted molar refractivity (Wildman–Crippen MR) is 129 cm³/mol. The highest BCUT2D eigenvalue weighted by molar-refractivity contribution is 5.92. The number of fused-ring (bicyclic) bond motifs is 1. The maximum Gasteiger partial charge on any atom is 0.247 e. The van der Waals surface area contributed by atoms with Crippen LogP contribution >= 0.6 is 0 Å². The van der Waals surface area contributed by atoms with Crippen molar-refractivity contribution in [3.8, 4) is 0 Å². The molecule has 2 aliphatic rings. The van der Waals surface area contributed by atoms with Gasteiger partial charge in [0, 0.05) is 56.9 Å². The Bertz CT molecular complexity index is 1170. The van der Waals surface area contributed by atoms with Crippen molar-refractivity contribution >= 4 is 22.7 Å². The van der Waals surface area contributed by atoms with Gasteiger partial charge >= 0.3 is 0 Å². The lowest BCUT2D eigenvalue weighted by Gasteiger charge is -2.31. The summed E-state index contributed by atoms with van der Waals surface area (Å²) in [4.78, 5) is 32.0. The zero-order valence-corrected chi connectivity index (χ0v) is 20.3. The van der Waals surface area contributed by atoms with Crippen LogP contribution in [0, 0.1) is 12.8 Å². The van der Waals surface area contributed by atoms with Crippen molar-refractivity contribution in [3.63, 3.8) is 0 Å². The molecule has 9 heteroatoms. The summed E-state index contributed by atoms with van der Waals surface area (Å²) in [7, 11) is 0. The molecule has 4 heterocycles. The van der Waals surface area contributed by atoms with E-state index in [0.717, 1.165) is 80.8 Å². The van der Waals surface area contributed by atoms with Gasteiger partial charge in [-0.1, -0.05) is 23.4 Å². The van der Waals surface area contributed by atoms with Crippen LogP contribution in [-0.2, 0) is 16.0 Å². The van der Waals surface area contributed by atoms with Gasteiger partial charge in [-0.25, -0.2) is 0 Å². The van der Waals surface area contributed by atoms with Crippen molar-refractivity contribution in [2.45, 2.75) is 64.2 Å². The SMILES string of the molecule is Cc1nn(C(=O)CCCC(=O)N2CCC(Cc3nc(C4CCOCC4)no3)CC2)c2ccccc12. The molecular weight excluding hydrogens is 446 g/mol. The first kappa shape index (κ1) is 23.7. The molecule has 0 unspecified atom stereocenters. The summed E-state index contributed by atoms with van der Waals surface area (Å²) in [6.07, 6.45) is 5.74. The molecule has 0 saturated carbocycles. The van der Waals surface area contributed by atoms with Crippen LogP contribution < -0.4 is 0 Å². The topological polar surface area (TPSA) is 103 Å². The lowest BCUT2D eigenvalue weighted by Crippen LogP contribution is -2.38. The van der Waals surface area contributed by atoms with Crippen molar-refractivity contribution in [2.75, 3.05) is 26.3 Å². The highest BCUT2D eigenvalue weighted by Crippen LogP contribution is 2.26. The lowest BCUT2D eigenvalue weighted by atomic mass is 9.93. The number of aryl methyl sites for hydroxylation is 1. The number of piperidine rings is 1. The minimum Gasteiger partial charge on any atom is -0.381 e. The Morgan fingerprint density at radius 1 is 1.03 bits per heavy atom. The number of hydrogen-bond donors (Lipinski definition) is 0. The Hall–Kier alpha value is -3.07. The number of ether oxygens (including phenoxy) is 1. The number of amides is 1. The molecule has 35 heavy (non-hydrogen) atoms. The Morgan fingerprint density at radius 2 is 1.77 bits per heavy atom. The number of rotatable bonds is 7. The first-order chi connectivity index (χ1) is 17.1. The fourth-order valence-corrected chi connectivity index (χ4v) is 5.17. The normalized spacial score (nSPS) is 17.8. The van der Waals surface area contributed by atoms with E-state index in [1.54, 1.807) is 0 Å². The van der Waals surface area contributed by atoms with E-state index in [1.807, 2.05) is 36.1 Å². The van der Waals surface area contributed by atoms with E-state index >= 15 is 0 Å². The summed E-state index contributed by atoms with van der Waals surface area (Å²) in [5.74, 6) is 2.35. The first-order valence-electron chi connectivity index (χ1n) is 12.7. The third-order valence-corrected chi connectivity index (χ3v) is 7.29. The summed E-state index contributed by atoms with van der Waals surface area (Å²) in [5.41, 5.74) is 1.66. The molecule has 0 spiro atoms. The van der Waals surface area contributed by atoms with E-state index < -0.39 is 0 Å². The third-order valence-electron chi connectivity index (χ3n) is 7.29. The zero-order chi connectivity index (χ0) is 24.2. The van der Waals surface area contributed by atoms with Crippen LogP contribution in [0.25, 0.3) is 10.9 Å². The van der Waals surface area contributed by atoms with Crippen LogP contribution in [0.1, 0.15) is 73.1 Å². The van der Waals surface area contributed by atoms with Crippen LogP contribution in [0.5, 0.6) is 0 Å². The summed E-state index contributed by atoms with van der Waals surface area (Å²) in [6, 6.07) is 7.73. The number of likely N-dealkylation sites (tertiary alicyclic amines) is 1.